The van der Waals surface area contributed by atoms with Gasteiger partial charge in [0, 0.05) is 6.20 Å². The van der Waals surface area contributed by atoms with Gasteiger partial charge in [-0.1, -0.05) is 0 Å². The van der Waals surface area contributed by atoms with Crippen LogP contribution in [0.25, 0.3) is 5.52 Å². The molecule has 2 aromatic heterocycles. The Labute approximate surface area is 131 Å². The standard InChI is InChI=1S/C16H13N3O4/c1-22-14-6-10(3-5-13(14)17)15(20)23-16(21)11-2-4-12-7-18-9-19(12)8-11/h2-9H,17H2,1H3. The van der Waals surface area contributed by atoms with Gasteiger partial charge in [-0.05, 0) is 30.3 Å². The number of nitrogen functional groups attached to an aromatic ring is 1. The lowest BCUT2D eigenvalue weighted by atomic mass is 10.2. The van der Waals surface area contributed by atoms with E-state index >= 15 is 0 Å². The molecule has 0 bridgehead atoms. The van der Waals surface area contributed by atoms with Crippen LogP contribution < -0.4 is 10.5 Å². The van der Waals surface area contributed by atoms with Gasteiger partial charge >= 0.3 is 11.9 Å². The van der Waals surface area contributed by atoms with E-state index in [0.29, 0.717) is 11.4 Å². The van der Waals surface area contributed by atoms with Gasteiger partial charge in [-0.25, -0.2) is 14.6 Å². The van der Waals surface area contributed by atoms with Crippen molar-refractivity contribution in [1.82, 2.24) is 9.38 Å². The number of hydrogen-bond acceptors (Lipinski definition) is 6. The van der Waals surface area contributed by atoms with Crippen molar-refractivity contribution in [3.05, 3.63) is 60.2 Å². The third-order valence-electron chi connectivity index (χ3n) is 3.30. The lowest BCUT2D eigenvalue weighted by Gasteiger charge is -2.07. The van der Waals surface area contributed by atoms with E-state index in [-0.39, 0.29) is 11.1 Å². The van der Waals surface area contributed by atoms with Crippen LogP contribution in [-0.2, 0) is 4.74 Å². The highest BCUT2D eigenvalue weighted by Gasteiger charge is 2.17. The molecule has 0 fully saturated rings. The number of rotatable bonds is 3. The third kappa shape index (κ3) is 2.84. The lowest BCUT2D eigenvalue weighted by molar-refractivity contribution is 0.0397. The van der Waals surface area contributed by atoms with Crippen molar-refractivity contribution in [1.29, 1.82) is 0 Å². The van der Waals surface area contributed by atoms with Gasteiger partial charge in [0.15, 0.2) is 0 Å². The van der Waals surface area contributed by atoms with E-state index in [4.69, 9.17) is 15.2 Å². The zero-order valence-electron chi connectivity index (χ0n) is 12.2. The van der Waals surface area contributed by atoms with Crippen molar-refractivity contribution in [3.63, 3.8) is 0 Å². The summed E-state index contributed by atoms with van der Waals surface area (Å²) in [6, 6.07) is 7.67. The first-order chi connectivity index (χ1) is 11.1. The molecule has 0 radical (unpaired) electrons. The molecule has 7 heteroatoms. The van der Waals surface area contributed by atoms with Gasteiger partial charge in [-0.3, -0.25) is 0 Å². The number of imidazole rings is 1. The smallest absolute Gasteiger partial charge is 0.347 e. The van der Waals surface area contributed by atoms with Crippen molar-refractivity contribution in [2.75, 3.05) is 12.8 Å². The lowest BCUT2D eigenvalue weighted by Crippen LogP contribution is -2.13. The fourth-order valence-corrected chi connectivity index (χ4v) is 2.08. The number of fused-ring (bicyclic) bond motifs is 1. The first kappa shape index (κ1) is 14.6. The average Bonchev–Trinajstić information content (AvgIpc) is 3.02. The number of carbonyl (C=O) groups is 2. The molecular formula is C16H13N3O4. The molecule has 2 heterocycles. The molecule has 1 aromatic carbocycles. The van der Waals surface area contributed by atoms with Crippen LogP contribution in [0.3, 0.4) is 0 Å². The third-order valence-corrected chi connectivity index (χ3v) is 3.30. The van der Waals surface area contributed by atoms with Gasteiger partial charge in [0.05, 0.1) is 42.0 Å². The molecule has 3 rings (SSSR count). The number of esters is 2. The SMILES string of the molecule is COc1cc(C(=O)OC(=O)c2ccc3cncn3c2)ccc1N. The number of anilines is 1. The van der Waals surface area contributed by atoms with E-state index in [2.05, 4.69) is 4.98 Å². The Morgan fingerprint density at radius 1 is 1.13 bits per heavy atom. The largest absolute Gasteiger partial charge is 0.495 e. The Bertz CT molecular complexity index is 901. The highest BCUT2D eigenvalue weighted by Crippen LogP contribution is 2.22. The van der Waals surface area contributed by atoms with Crippen LogP contribution >= 0.6 is 0 Å². The molecular weight excluding hydrogens is 298 g/mol. The predicted molar refractivity (Wildman–Crippen MR) is 82.3 cm³/mol. The zero-order chi connectivity index (χ0) is 16.4. The van der Waals surface area contributed by atoms with Crippen LogP contribution in [0.15, 0.2) is 49.1 Å². The first-order valence-electron chi connectivity index (χ1n) is 6.70. The second kappa shape index (κ2) is 5.80. The average molecular weight is 311 g/mol. The molecule has 0 aliphatic heterocycles. The van der Waals surface area contributed by atoms with Gasteiger partial charge in [-0.2, -0.15) is 0 Å². The number of aromatic nitrogens is 2. The number of hydrogen-bond donors (Lipinski definition) is 1. The summed E-state index contributed by atoms with van der Waals surface area (Å²) >= 11 is 0. The summed E-state index contributed by atoms with van der Waals surface area (Å²) in [6.07, 6.45) is 4.75. The molecule has 0 unspecified atom stereocenters. The molecule has 23 heavy (non-hydrogen) atoms. The van der Waals surface area contributed by atoms with Crippen LogP contribution in [0, 0.1) is 0 Å². The second-order valence-corrected chi connectivity index (χ2v) is 4.78. The quantitative estimate of drug-likeness (QED) is 0.451. The van der Waals surface area contributed by atoms with E-state index in [1.54, 1.807) is 35.3 Å². The predicted octanol–water partition coefficient (Wildman–Crippen LogP) is 1.92. The van der Waals surface area contributed by atoms with Crippen LogP contribution in [0.5, 0.6) is 5.75 Å². The molecule has 0 amide bonds. The Morgan fingerprint density at radius 3 is 2.65 bits per heavy atom. The molecule has 3 aromatic rings. The van der Waals surface area contributed by atoms with E-state index in [1.807, 2.05) is 0 Å². The van der Waals surface area contributed by atoms with E-state index in [1.165, 1.54) is 25.3 Å². The minimum absolute atomic E-state index is 0.174. The van der Waals surface area contributed by atoms with Crippen molar-refractivity contribution < 1.29 is 19.1 Å². The fraction of sp³-hybridized carbons (Fsp3) is 0.0625. The van der Waals surface area contributed by atoms with Gasteiger partial charge < -0.3 is 19.6 Å². The fourth-order valence-electron chi connectivity index (χ4n) is 2.08. The highest BCUT2D eigenvalue weighted by molar-refractivity contribution is 6.03. The Balaban J connectivity index is 1.80. The minimum atomic E-state index is -0.779. The van der Waals surface area contributed by atoms with Crippen molar-refractivity contribution >= 4 is 23.1 Å². The maximum Gasteiger partial charge on any atom is 0.347 e. The number of benzene rings is 1. The number of ether oxygens (including phenoxy) is 2. The van der Waals surface area contributed by atoms with Gasteiger partial charge in [0.25, 0.3) is 0 Å². The van der Waals surface area contributed by atoms with Crippen LogP contribution in [0.4, 0.5) is 5.69 Å². The van der Waals surface area contributed by atoms with E-state index in [0.717, 1.165) is 5.52 Å². The van der Waals surface area contributed by atoms with E-state index < -0.39 is 11.9 Å². The van der Waals surface area contributed by atoms with Crippen LogP contribution in [-0.4, -0.2) is 28.4 Å². The molecule has 0 saturated carbocycles. The number of nitrogens with two attached hydrogens (primary N) is 1. The topological polar surface area (TPSA) is 95.9 Å². The minimum Gasteiger partial charge on any atom is -0.495 e. The summed E-state index contributed by atoms with van der Waals surface area (Å²) in [6.45, 7) is 0. The van der Waals surface area contributed by atoms with Gasteiger partial charge in [0.2, 0.25) is 0 Å². The van der Waals surface area contributed by atoms with Crippen molar-refractivity contribution in [2.24, 2.45) is 0 Å². The molecule has 0 spiro atoms. The van der Waals surface area contributed by atoms with E-state index in [9.17, 15) is 9.59 Å². The second-order valence-electron chi connectivity index (χ2n) is 4.78. The molecule has 116 valence electrons. The number of nitrogens with zero attached hydrogens (tertiary/aromatic N) is 2. The molecule has 0 aliphatic rings. The summed E-state index contributed by atoms with van der Waals surface area (Å²) in [4.78, 5) is 28.1. The zero-order valence-corrected chi connectivity index (χ0v) is 12.2. The number of pyridine rings is 1. The normalized spacial score (nSPS) is 10.5. The highest BCUT2D eigenvalue weighted by atomic mass is 16.6. The Kier molecular flexibility index (Phi) is 3.68. The molecule has 7 nitrogen and oxygen atoms in total. The van der Waals surface area contributed by atoms with Crippen molar-refractivity contribution in [2.45, 2.75) is 0 Å². The van der Waals surface area contributed by atoms with Gasteiger partial charge in [0.1, 0.15) is 5.75 Å². The van der Waals surface area contributed by atoms with Crippen molar-refractivity contribution in [3.8, 4) is 5.75 Å². The molecule has 0 saturated heterocycles. The Morgan fingerprint density at radius 2 is 1.87 bits per heavy atom. The Hall–Kier alpha value is -3.35. The summed E-state index contributed by atoms with van der Waals surface area (Å²) in [5, 5.41) is 0. The summed E-state index contributed by atoms with van der Waals surface area (Å²) in [5.74, 6) is -1.19. The molecule has 0 atom stereocenters. The maximum absolute atomic E-state index is 12.1. The molecule has 0 aliphatic carbocycles. The summed E-state index contributed by atoms with van der Waals surface area (Å²) in [7, 11) is 1.44. The summed E-state index contributed by atoms with van der Waals surface area (Å²) < 4.78 is 11.6. The van der Waals surface area contributed by atoms with Gasteiger partial charge in [-0.15, -0.1) is 0 Å². The number of methoxy groups -OCH3 is 1. The summed E-state index contributed by atoms with van der Waals surface area (Å²) in [5.41, 5.74) is 7.32. The monoisotopic (exact) mass is 311 g/mol. The van der Waals surface area contributed by atoms with Crippen LogP contribution in [0.2, 0.25) is 0 Å². The molecule has 2 N–H and O–H groups in total. The van der Waals surface area contributed by atoms with Crippen LogP contribution in [0.1, 0.15) is 20.7 Å². The number of carbonyl (C=O) groups excluding carboxylic acids is 2. The maximum atomic E-state index is 12.1. The first-order valence-corrected chi connectivity index (χ1v) is 6.70.